The van der Waals surface area contributed by atoms with E-state index in [1.165, 1.54) is 39.1 Å². The second-order valence-electron chi connectivity index (χ2n) is 6.78. The van der Waals surface area contributed by atoms with Crippen molar-refractivity contribution in [2.45, 2.75) is 32.6 Å². The summed E-state index contributed by atoms with van der Waals surface area (Å²) in [5.41, 5.74) is 0. The van der Waals surface area contributed by atoms with Crippen LogP contribution in [-0.4, -0.2) is 79.6 Å². The summed E-state index contributed by atoms with van der Waals surface area (Å²) in [4.78, 5) is 19.1. The van der Waals surface area contributed by atoms with Gasteiger partial charge in [0, 0.05) is 45.8 Å². The molecule has 0 atom stereocenters. The molecule has 23 heavy (non-hydrogen) atoms. The number of likely N-dealkylation sites (N-methyl/N-ethyl adjacent to an activating group) is 1. The highest BCUT2D eigenvalue weighted by Gasteiger charge is 2.20. The largest absolute Gasteiger partial charge is 0.338 e. The van der Waals surface area contributed by atoms with Crippen molar-refractivity contribution >= 4 is 6.03 Å². The maximum Gasteiger partial charge on any atom is 0.317 e. The fraction of sp³-hybridized carbons (Fsp3) is 0.833. The summed E-state index contributed by atoms with van der Waals surface area (Å²) >= 11 is 0. The Morgan fingerprint density at radius 2 is 1.74 bits per heavy atom. The lowest BCUT2D eigenvalue weighted by atomic mass is 9.97. The summed E-state index contributed by atoms with van der Waals surface area (Å²) in [7, 11) is 0. The van der Waals surface area contributed by atoms with Crippen LogP contribution in [0.1, 0.15) is 32.6 Å². The highest BCUT2D eigenvalue weighted by Crippen LogP contribution is 2.17. The molecule has 0 unspecified atom stereocenters. The minimum Gasteiger partial charge on any atom is -0.338 e. The predicted octanol–water partition coefficient (Wildman–Crippen LogP) is 2.01. The highest BCUT2D eigenvalue weighted by atomic mass is 16.2. The number of nitrogens with one attached hydrogen (secondary N) is 1. The first-order valence-electron chi connectivity index (χ1n) is 9.33. The molecule has 2 amide bonds. The Kier molecular flexibility index (Phi) is 7.89. The number of amides is 2. The zero-order valence-corrected chi connectivity index (χ0v) is 14.8. The van der Waals surface area contributed by atoms with Crippen LogP contribution in [0.25, 0.3) is 0 Å². The van der Waals surface area contributed by atoms with Gasteiger partial charge in [-0.3, -0.25) is 0 Å². The molecule has 2 aliphatic rings. The molecule has 2 rings (SSSR count). The van der Waals surface area contributed by atoms with E-state index in [0.29, 0.717) is 5.92 Å². The van der Waals surface area contributed by atoms with Gasteiger partial charge in [0.1, 0.15) is 0 Å². The van der Waals surface area contributed by atoms with Crippen LogP contribution in [0.2, 0.25) is 0 Å². The quantitative estimate of drug-likeness (QED) is 0.576. The third kappa shape index (κ3) is 6.15. The van der Waals surface area contributed by atoms with Crippen LogP contribution in [0.15, 0.2) is 12.7 Å². The summed E-state index contributed by atoms with van der Waals surface area (Å²) in [6.07, 6.45) is 6.38. The van der Waals surface area contributed by atoms with Crippen LogP contribution in [0.5, 0.6) is 0 Å². The third-order valence-electron chi connectivity index (χ3n) is 5.25. The van der Waals surface area contributed by atoms with Crippen molar-refractivity contribution < 1.29 is 4.79 Å². The maximum absolute atomic E-state index is 12.1. The average molecular weight is 322 g/mol. The molecular formula is C18H34N4O. The highest BCUT2D eigenvalue weighted by molar-refractivity contribution is 5.74. The SMILES string of the molecule is C=CC1CCN(C(=O)NCCCCN2CCN(CC)CC2)CC1. The Balaban J connectivity index is 1.49. The van der Waals surface area contributed by atoms with E-state index >= 15 is 0 Å². The fourth-order valence-corrected chi connectivity index (χ4v) is 3.43. The normalized spacial score (nSPS) is 21.3. The van der Waals surface area contributed by atoms with Crippen molar-refractivity contribution in [3.05, 3.63) is 12.7 Å². The summed E-state index contributed by atoms with van der Waals surface area (Å²) in [5.74, 6) is 0.590. The molecule has 1 N–H and O–H groups in total. The summed E-state index contributed by atoms with van der Waals surface area (Å²) in [6.45, 7) is 15.7. The molecule has 5 nitrogen and oxygen atoms in total. The molecule has 0 aromatic carbocycles. The number of piperidine rings is 1. The monoisotopic (exact) mass is 322 g/mol. The zero-order chi connectivity index (χ0) is 16.5. The van der Waals surface area contributed by atoms with E-state index in [0.717, 1.165) is 45.4 Å². The smallest absolute Gasteiger partial charge is 0.317 e. The van der Waals surface area contributed by atoms with Gasteiger partial charge in [-0.25, -0.2) is 4.79 Å². The topological polar surface area (TPSA) is 38.8 Å². The summed E-state index contributed by atoms with van der Waals surface area (Å²) < 4.78 is 0. The van der Waals surface area contributed by atoms with E-state index in [-0.39, 0.29) is 6.03 Å². The fourth-order valence-electron chi connectivity index (χ4n) is 3.43. The molecule has 0 saturated carbocycles. The minimum absolute atomic E-state index is 0.115. The molecule has 2 heterocycles. The van der Waals surface area contributed by atoms with Gasteiger partial charge in [0.05, 0.1) is 0 Å². The number of hydrogen-bond acceptors (Lipinski definition) is 3. The van der Waals surface area contributed by atoms with Crippen molar-refractivity contribution in [3.63, 3.8) is 0 Å². The lowest BCUT2D eigenvalue weighted by molar-refractivity contribution is 0.135. The Morgan fingerprint density at radius 3 is 2.35 bits per heavy atom. The van der Waals surface area contributed by atoms with E-state index in [9.17, 15) is 4.79 Å². The van der Waals surface area contributed by atoms with Gasteiger partial charge < -0.3 is 20.0 Å². The van der Waals surface area contributed by atoms with Gasteiger partial charge in [-0.2, -0.15) is 0 Å². The van der Waals surface area contributed by atoms with Crippen LogP contribution in [-0.2, 0) is 0 Å². The summed E-state index contributed by atoms with van der Waals surface area (Å²) in [5, 5.41) is 3.07. The molecule has 0 radical (unpaired) electrons. The molecule has 0 bridgehead atoms. The Morgan fingerprint density at radius 1 is 1.09 bits per heavy atom. The van der Waals surface area contributed by atoms with Crippen molar-refractivity contribution in [3.8, 4) is 0 Å². The first-order valence-corrected chi connectivity index (χ1v) is 9.33. The van der Waals surface area contributed by atoms with Crippen LogP contribution in [0.4, 0.5) is 4.79 Å². The van der Waals surface area contributed by atoms with E-state index in [2.05, 4.69) is 28.6 Å². The van der Waals surface area contributed by atoms with Gasteiger partial charge in [0.15, 0.2) is 0 Å². The molecule has 0 aliphatic carbocycles. The summed E-state index contributed by atoms with van der Waals surface area (Å²) in [6, 6.07) is 0.115. The van der Waals surface area contributed by atoms with Crippen LogP contribution in [0.3, 0.4) is 0 Å². The second kappa shape index (κ2) is 9.93. The molecular weight excluding hydrogens is 288 g/mol. The third-order valence-corrected chi connectivity index (χ3v) is 5.25. The Hall–Kier alpha value is -1.07. The van der Waals surface area contributed by atoms with E-state index in [4.69, 9.17) is 0 Å². The number of rotatable bonds is 7. The number of urea groups is 1. The van der Waals surface area contributed by atoms with Crippen molar-refractivity contribution in [2.24, 2.45) is 5.92 Å². The average Bonchev–Trinajstić information content (AvgIpc) is 2.62. The predicted molar refractivity (Wildman–Crippen MR) is 95.7 cm³/mol. The standard InChI is InChI=1S/C18H34N4O/c1-3-17-7-11-22(12-8-17)18(23)19-9-5-6-10-21-15-13-20(4-2)14-16-21/h3,17H,1,4-16H2,2H3,(H,19,23). The number of nitrogens with zero attached hydrogens (tertiary/aromatic N) is 3. The van der Waals surface area contributed by atoms with E-state index in [1.807, 2.05) is 11.0 Å². The number of hydrogen-bond donors (Lipinski definition) is 1. The number of carbonyl (C=O) groups excluding carboxylic acids is 1. The number of piperazine rings is 1. The number of allylic oxidation sites excluding steroid dienone is 1. The Labute approximate surface area is 141 Å². The van der Waals surface area contributed by atoms with E-state index in [1.54, 1.807) is 0 Å². The molecule has 0 aromatic heterocycles. The van der Waals surface area contributed by atoms with Gasteiger partial charge in [-0.05, 0) is 44.7 Å². The first kappa shape index (κ1) is 18.3. The lowest BCUT2D eigenvalue weighted by Gasteiger charge is -2.34. The molecule has 132 valence electrons. The number of unbranched alkanes of at least 4 members (excludes halogenated alkanes) is 1. The first-order chi connectivity index (χ1) is 11.2. The molecule has 2 saturated heterocycles. The molecule has 2 aliphatic heterocycles. The van der Waals surface area contributed by atoms with Crippen molar-refractivity contribution in [1.29, 1.82) is 0 Å². The van der Waals surface area contributed by atoms with Gasteiger partial charge in [0.2, 0.25) is 0 Å². The Bertz CT molecular complexity index is 358. The van der Waals surface area contributed by atoms with Crippen molar-refractivity contribution in [1.82, 2.24) is 20.0 Å². The zero-order valence-electron chi connectivity index (χ0n) is 14.8. The van der Waals surface area contributed by atoms with Gasteiger partial charge in [-0.15, -0.1) is 6.58 Å². The number of carbonyl (C=O) groups is 1. The number of likely N-dealkylation sites (tertiary alicyclic amines) is 1. The van der Waals surface area contributed by atoms with Gasteiger partial charge >= 0.3 is 6.03 Å². The molecule has 0 aromatic rings. The van der Waals surface area contributed by atoms with Gasteiger partial charge in [0.25, 0.3) is 0 Å². The lowest BCUT2D eigenvalue weighted by Crippen LogP contribution is -2.46. The maximum atomic E-state index is 12.1. The molecule has 0 spiro atoms. The van der Waals surface area contributed by atoms with Crippen LogP contribution < -0.4 is 5.32 Å². The second-order valence-corrected chi connectivity index (χ2v) is 6.78. The molecule has 2 fully saturated rings. The van der Waals surface area contributed by atoms with Crippen LogP contribution in [0, 0.1) is 5.92 Å². The van der Waals surface area contributed by atoms with Crippen molar-refractivity contribution in [2.75, 3.05) is 58.9 Å². The van der Waals surface area contributed by atoms with E-state index < -0.39 is 0 Å². The van der Waals surface area contributed by atoms with Gasteiger partial charge in [-0.1, -0.05) is 13.0 Å². The minimum atomic E-state index is 0.115. The van der Waals surface area contributed by atoms with Crippen LogP contribution >= 0.6 is 0 Å². The molecule has 5 heteroatoms.